The second-order valence-corrected chi connectivity index (χ2v) is 5.73. The summed E-state index contributed by atoms with van der Waals surface area (Å²) in [5, 5.41) is 14.8. The quantitative estimate of drug-likeness (QED) is 0.854. The lowest BCUT2D eigenvalue weighted by Gasteiger charge is -2.15. The molecule has 0 aliphatic rings. The summed E-state index contributed by atoms with van der Waals surface area (Å²) >= 11 is 6.89. The maximum Gasteiger partial charge on any atom is 0.123 e. The van der Waals surface area contributed by atoms with Gasteiger partial charge in [0, 0.05) is 17.1 Å². The zero-order valence-corrected chi connectivity index (χ0v) is 13.6. The Labute approximate surface area is 128 Å². The summed E-state index contributed by atoms with van der Waals surface area (Å²) in [4.78, 5) is 0. The highest BCUT2D eigenvalue weighted by atomic mass is 79.9. The number of halogens is 2. The summed E-state index contributed by atoms with van der Waals surface area (Å²) in [5.41, 5.74) is 1.53. The van der Waals surface area contributed by atoms with Crippen LogP contribution in [0.3, 0.4) is 0 Å². The fraction of sp³-hybridized carbons (Fsp3) is 0.308. The Bertz CT molecular complexity index is 557. The molecule has 1 N–H and O–H groups in total. The van der Waals surface area contributed by atoms with E-state index in [1.807, 2.05) is 24.3 Å². The minimum atomic E-state index is -0.746. The number of hydrogen-bond acceptors (Lipinski definition) is 3. The van der Waals surface area contributed by atoms with Crippen molar-refractivity contribution in [3.63, 3.8) is 0 Å². The summed E-state index contributed by atoms with van der Waals surface area (Å²) < 4.78 is 8.45. The highest BCUT2D eigenvalue weighted by Gasteiger charge is 2.21. The predicted molar refractivity (Wildman–Crippen MR) is 80.0 cm³/mol. The van der Waals surface area contributed by atoms with E-state index in [2.05, 4.69) is 37.0 Å². The highest BCUT2D eigenvalue weighted by Crippen LogP contribution is 2.32. The van der Waals surface area contributed by atoms with Crippen molar-refractivity contribution >= 4 is 31.9 Å². The van der Waals surface area contributed by atoms with E-state index in [1.165, 1.54) is 0 Å². The third-order valence-corrected chi connectivity index (χ3v) is 4.13. The van der Waals surface area contributed by atoms with Crippen LogP contribution in [0.5, 0.6) is 0 Å². The molecule has 0 aliphatic heterocycles. The second-order valence-electron chi connectivity index (χ2n) is 4.02. The van der Waals surface area contributed by atoms with Gasteiger partial charge >= 0.3 is 0 Å². The lowest BCUT2D eigenvalue weighted by molar-refractivity contribution is 0.171. The third kappa shape index (κ3) is 3.25. The molecule has 1 aromatic carbocycles. The van der Waals surface area contributed by atoms with Gasteiger partial charge in [0.15, 0.2) is 0 Å². The van der Waals surface area contributed by atoms with Crippen LogP contribution in [0, 0.1) is 0 Å². The van der Waals surface area contributed by atoms with Gasteiger partial charge in [0.2, 0.25) is 0 Å². The third-order valence-electron chi connectivity index (χ3n) is 2.80. The Morgan fingerprint density at radius 1 is 1.32 bits per heavy atom. The molecule has 1 atom stereocenters. The van der Waals surface area contributed by atoms with Crippen LogP contribution in [0.25, 0.3) is 0 Å². The van der Waals surface area contributed by atoms with Gasteiger partial charge in [-0.2, -0.15) is 5.10 Å². The number of nitrogens with zero attached hydrogens (tertiary/aromatic N) is 2. The van der Waals surface area contributed by atoms with Crippen molar-refractivity contribution in [2.75, 3.05) is 13.7 Å². The molecule has 2 aromatic rings. The van der Waals surface area contributed by atoms with Gasteiger partial charge in [-0.3, -0.25) is 4.68 Å². The summed E-state index contributed by atoms with van der Waals surface area (Å²) in [6, 6.07) is 7.60. The molecule has 102 valence electrons. The molecule has 0 aliphatic carbocycles. The van der Waals surface area contributed by atoms with Gasteiger partial charge in [0.25, 0.3) is 0 Å². The Morgan fingerprint density at radius 3 is 2.74 bits per heavy atom. The number of ether oxygens (including phenoxy) is 1. The fourth-order valence-corrected chi connectivity index (χ4v) is 2.86. The highest BCUT2D eigenvalue weighted by molar-refractivity contribution is 9.10. The van der Waals surface area contributed by atoms with Gasteiger partial charge < -0.3 is 9.84 Å². The van der Waals surface area contributed by atoms with E-state index < -0.39 is 6.10 Å². The van der Waals surface area contributed by atoms with Gasteiger partial charge in [-0.1, -0.05) is 34.1 Å². The molecule has 0 saturated carbocycles. The summed E-state index contributed by atoms with van der Waals surface area (Å²) in [5.74, 6) is 0. The van der Waals surface area contributed by atoms with E-state index >= 15 is 0 Å². The molecule has 2 rings (SSSR count). The first-order chi connectivity index (χ1) is 9.15. The Hall–Kier alpha value is -0.690. The Balaban J connectivity index is 2.35. The smallest absolute Gasteiger partial charge is 0.123 e. The van der Waals surface area contributed by atoms with Gasteiger partial charge in [0.05, 0.1) is 29.5 Å². The fourth-order valence-electron chi connectivity index (χ4n) is 1.84. The maximum absolute atomic E-state index is 10.6. The van der Waals surface area contributed by atoms with E-state index in [-0.39, 0.29) is 0 Å². The molecule has 0 radical (unpaired) electrons. The standard InChI is InChI=1S/C13H14Br2N2O2/c1-19-7-6-17-12(11(15)8-16-17)13(18)9-4-2-3-5-10(9)14/h2-5,8,13,18H,6-7H2,1H3. The van der Waals surface area contributed by atoms with Crippen molar-refractivity contribution in [1.82, 2.24) is 9.78 Å². The molecule has 0 bridgehead atoms. The maximum atomic E-state index is 10.6. The van der Waals surface area contributed by atoms with Crippen LogP contribution >= 0.6 is 31.9 Å². The monoisotopic (exact) mass is 388 g/mol. The first-order valence-corrected chi connectivity index (χ1v) is 7.36. The van der Waals surface area contributed by atoms with Crippen molar-refractivity contribution in [2.24, 2.45) is 0 Å². The van der Waals surface area contributed by atoms with Gasteiger partial charge in [-0.15, -0.1) is 0 Å². The molecular weight excluding hydrogens is 376 g/mol. The molecule has 0 amide bonds. The minimum Gasteiger partial charge on any atom is -0.383 e. The van der Waals surface area contributed by atoms with E-state index in [0.29, 0.717) is 13.2 Å². The van der Waals surface area contributed by atoms with Crippen LogP contribution in [0.1, 0.15) is 17.4 Å². The van der Waals surface area contributed by atoms with Crippen molar-refractivity contribution in [1.29, 1.82) is 0 Å². The number of benzene rings is 1. The van der Waals surface area contributed by atoms with E-state index in [9.17, 15) is 5.11 Å². The van der Waals surface area contributed by atoms with E-state index in [4.69, 9.17) is 4.74 Å². The predicted octanol–water partition coefficient (Wildman–Crippen LogP) is 3.14. The molecule has 19 heavy (non-hydrogen) atoms. The normalized spacial score (nSPS) is 12.6. The van der Waals surface area contributed by atoms with Crippen LogP contribution < -0.4 is 0 Å². The number of aliphatic hydroxyl groups excluding tert-OH is 1. The lowest BCUT2D eigenvalue weighted by Crippen LogP contribution is -2.14. The average molecular weight is 390 g/mol. The summed E-state index contributed by atoms with van der Waals surface area (Å²) in [6.07, 6.45) is 0.940. The van der Waals surface area contributed by atoms with Crippen LogP contribution in [0.15, 0.2) is 39.4 Å². The molecule has 1 unspecified atom stereocenters. The molecular formula is C13H14Br2N2O2. The number of rotatable bonds is 5. The molecule has 0 fully saturated rings. The first-order valence-electron chi connectivity index (χ1n) is 5.77. The first kappa shape index (κ1) is 14.7. The second kappa shape index (κ2) is 6.65. The Morgan fingerprint density at radius 2 is 2.05 bits per heavy atom. The van der Waals surface area contributed by atoms with E-state index in [1.54, 1.807) is 18.0 Å². The molecule has 6 heteroatoms. The van der Waals surface area contributed by atoms with Gasteiger partial charge in [0.1, 0.15) is 6.10 Å². The molecule has 0 spiro atoms. The van der Waals surface area contributed by atoms with Crippen molar-refractivity contribution in [3.8, 4) is 0 Å². The molecule has 4 nitrogen and oxygen atoms in total. The summed E-state index contributed by atoms with van der Waals surface area (Å²) in [7, 11) is 1.64. The van der Waals surface area contributed by atoms with Gasteiger partial charge in [-0.25, -0.2) is 0 Å². The number of aliphatic hydroxyl groups is 1. The SMILES string of the molecule is COCCn1ncc(Br)c1C(O)c1ccccc1Br. The minimum absolute atomic E-state index is 0.545. The Kier molecular flexibility index (Phi) is 5.15. The number of hydrogen-bond donors (Lipinski definition) is 1. The molecule has 0 saturated heterocycles. The lowest BCUT2D eigenvalue weighted by atomic mass is 10.1. The van der Waals surface area contributed by atoms with Crippen molar-refractivity contribution in [2.45, 2.75) is 12.6 Å². The van der Waals surface area contributed by atoms with Gasteiger partial charge in [-0.05, 0) is 22.0 Å². The largest absolute Gasteiger partial charge is 0.383 e. The number of methoxy groups -OCH3 is 1. The molecule has 1 heterocycles. The zero-order valence-electron chi connectivity index (χ0n) is 10.4. The van der Waals surface area contributed by atoms with Crippen LogP contribution in [0.4, 0.5) is 0 Å². The van der Waals surface area contributed by atoms with Crippen LogP contribution in [-0.4, -0.2) is 28.6 Å². The van der Waals surface area contributed by atoms with Crippen LogP contribution in [0.2, 0.25) is 0 Å². The topological polar surface area (TPSA) is 47.3 Å². The number of aromatic nitrogens is 2. The zero-order chi connectivity index (χ0) is 13.8. The van der Waals surface area contributed by atoms with Crippen molar-refractivity contribution in [3.05, 3.63) is 50.7 Å². The van der Waals surface area contributed by atoms with E-state index in [0.717, 1.165) is 20.2 Å². The van der Waals surface area contributed by atoms with Crippen molar-refractivity contribution < 1.29 is 9.84 Å². The molecule has 1 aromatic heterocycles. The summed E-state index contributed by atoms with van der Waals surface area (Å²) in [6.45, 7) is 1.14. The average Bonchev–Trinajstić information content (AvgIpc) is 2.77. The van der Waals surface area contributed by atoms with Crippen LogP contribution in [-0.2, 0) is 11.3 Å².